The second kappa shape index (κ2) is 6.51. The number of hydrogen-bond acceptors (Lipinski definition) is 2. The van der Waals surface area contributed by atoms with Crippen molar-refractivity contribution in [2.45, 2.75) is 5.60 Å². The lowest BCUT2D eigenvalue weighted by atomic mass is 9.83. The zero-order valence-electron chi connectivity index (χ0n) is 16.0. The van der Waals surface area contributed by atoms with Gasteiger partial charge in [0, 0.05) is 33.5 Å². The molecule has 1 aliphatic rings. The first-order valence-electron chi connectivity index (χ1n) is 9.89. The van der Waals surface area contributed by atoms with Crippen LogP contribution in [0.25, 0.3) is 27.8 Å². The van der Waals surface area contributed by atoms with Crippen LogP contribution in [0.3, 0.4) is 0 Å². The van der Waals surface area contributed by atoms with Crippen molar-refractivity contribution in [2.24, 2.45) is 0 Å². The predicted molar refractivity (Wildman–Crippen MR) is 122 cm³/mol. The summed E-state index contributed by atoms with van der Waals surface area (Å²) < 4.78 is 12.5. The van der Waals surface area contributed by atoms with Gasteiger partial charge in [0.1, 0.15) is 11.3 Å². The SMILES string of the molecule is Clc1cc2ccc3c4c(ccc3c2o1)OC(c1ccccc1)(c1ccccc1)C=C4. The third-order valence-corrected chi connectivity index (χ3v) is 6.00. The fourth-order valence-electron chi connectivity index (χ4n) is 4.39. The van der Waals surface area contributed by atoms with E-state index in [-0.39, 0.29) is 0 Å². The van der Waals surface area contributed by atoms with Crippen LogP contribution >= 0.6 is 11.6 Å². The molecule has 0 fully saturated rings. The molecule has 0 unspecified atom stereocenters. The predicted octanol–water partition coefficient (Wildman–Crippen LogP) is 7.59. The summed E-state index contributed by atoms with van der Waals surface area (Å²) in [5.41, 5.74) is 3.35. The highest BCUT2D eigenvalue weighted by Gasteiger charge is 2.37. The van der Waals surface area contributed by atoms with Crippen LogP contribution in [-0.2, 0) is 5.60 Å². The van der Waals surface area contributed by atoms with Crippen LogP contribution in [0.4, 0.5) is 0 Å². The van der Waals surface area contributed by atoms with Gasteiger partial charge in [-0.25, -0.2) is 0 Å². The topological polar surface area (TPSA) is 22.4 Å². The van der Waals surface area contributed by atoms with E-state index in [0.29, 0.717) is 5.22 Å². The molecule has 0 bridgehead atoms. The zero-order chi connectivity index (χ0) is 20.1. The summed E-state index contributed by atoms with van der Waals surface area (Å²) >= 11 is 6.09. The molecule has 5 aromatic rings. The van der Waals surface area contributed by atoms with E-state index >= 15 is 0 Å². The summed E-state index contributed by atoms with van der Waals surface area (Å²) in [5.74, 6) is 0.842. The van der Waals surface area contributed by atoms with Crippen LogP contribution in [0, 0.1) is 0 Å². The zero-order valence-corrected chi connectivity index (χ0v) is 16.8. The van der Waals surface area contributed by atoms with Crippen LogP contribution in [0.2, 0.25) is 5.22 Å². The summed E-state index contributed by atoms with van der Waals surface area (Å²) in [6, 6.07) is 30.7. The van der Waals surface area contributed by atoms with Gasteiger partial charge in [0.15, 0.2) is 10.8 Å². The van der Waals surface area contributed by atoms with Crippen molar-refractivity contribution < 1.29 is 9.15 Å². The van der Waals surface area contributed by atoms with E-state index in [0.717, 1.165) is 44.2 Å². The lowest BCUT2D eigenvalue weighted by Gasteiger charge is -2.36. The van der Waals surface area contributed by atoms with Crippen molar-refractivity contribution in [1.29, 1.82) is 0 Å². The molecule has 1 aromatic heterocycles. The first kappa shape index (κ1) is 17.4. The normalized spacial score (nSPS) is 14.6. The first-order valence-corrected chi connectivity index (χ1v) is 10.3. The van der Waals surface area contributed by atoms with E-state index in [9.17, 15) is 0 Å². The summed E-state index contributed by atoms with van der Waals surface area (Å²) in [5, 5.41) is 3.50. The van der Waals surface area contributed by atoms with Gasteiger partial charge in [-0.15, -0.1) is 0 Å². The maximum atomic E-state index is 6.77. The molecule has 0 saturated carbocycles. The molecule has 0 aliphatic carbocycles. The Balaban J connectivity index is 1.59. The van der Waals surface area contributed by atoms with E-state index in [4.69, 9.17) is 20.8 Å². The number of halogens is 1. The number of ether oxygens (including phenoxy) is 1. The molecule has 30 heavy (non-hydrogen) atoms. The van der Waals surface area contributed by atoms with Crippen molar-refractivity contribution in [3.05, 3.63) is 119 Å². The Bertz CT molecular complexity index is 1380. The number of furan rings is 1. The summed E-state index contributed by atoms with van der Waals surface area (Å²) in [4.78, 5) is 0. The molecule has 2 nitrogen and oxygen atoms in total. The van der Waals surface area contributed by atoms with E-state index in [1.807, 2.05) is 54.6 Å². The Morgan fingerprint density at radius 3 is 2.07 bits per heavy atom. The van der Waals surface area contributed by atoms with Crippen molar-refractivity contribution in [2.75, 3.05) is 0 Å². The highest BCUT2D eigenvalue weighted by Crippen LogP contribution is 2.45. The summed E-state index contributed by atoms with van der Waals surface area (Å²) in [6.07, 6.45) is 4.32. The lowest BCUT2D eigenvalue weighted by molar-refractivity contribution is 0.161. The molecular weight excluding hydrogens is 392 g/mol. The smallest absolute Gasteiger partial charge is 0.194 e. The van der Waals surface area contributed by atoms with Crippen LogP contribution in [0.1, 0.15) is 16.7 Å². The van der Waals surface area contributed by atoms with Gasteiger partial charge in [-0.3, -0.25) is 0 Å². The van der Waals surface area contributed by atoms with E-state index in [1.165, 1.54) is 0 Å². The van der Waals surface area contributed by atoms with Crippen molar-refractivity contribution in [1.82, 2.24) is 0 Å². The van der Waals surface area contributed by atoms with Crippen molar-refractivity contribution in [3.63, 3.8) is 0 Å². The molecule has 144 valence electrons. The van der Waals surface area contributed by atoms with Crippen molar-refractivity contribution in [3.8, 4) is 5.75 Å². The quantitative estimate of drug-likeness (QED) is 0.300. The van der Waals surface area contributed by atoms with Crippen molar-refractivity contribution >= 4 is 39.4 Å². The maximum Gasteiger partial charge on any atom is 0.194 e. The standard InChI is InChI=1S/C27H17ClO2/c28-25-17-18-11-12-21-22-15-16-27(19-7-3-1-4-8-19,20-9-5-2-6-10-20)30-24(22)14-13-23(21)26(18)29-25/h1-17H. The van der Waals surface area contributed by atoms with E-state index in [1.54, 1.807) is 0 Å². The summed E-state index contributed by atoms with van der Waals surface area (Å²) in [7, 11) is 0. The van der Waals surface area contributed by atoms with Gasteiger partial charge in [-0.1, -0.05) is 72.8 Å². The molecule has 6 rings (SSSR count). The molecule has 0 atom stereocenters. The minimum atomic E-state index is -0.679. The van der Waals surface area contributed by atoms with Gasteiger partial charge in [0.25, 0.3) is 0 Å². The maximum absolute atomic E-state index is 6.77. The first-order chi connectivity index (χ1) is 14.7. The van der Waals surface area contributed by atoms with Gasteiger partial charge in [-0.2, -0.15) is 0 Å². The minimum absolute atomic E-state index is 0.397. The average molecular weight is 409 g/mol. The van der Waals surface area contributed by atoms with Gasteiger partial charge in [0.2, 0.25) is 0 Å². The number of fused-ring (bicyclic) bond motifs is 5. The van der Waals surface area contributed by atoms with Crippen LogP contribution < -0.4 is 4.74 Å². The molecule has 0 spiro atoms. The van der Waals surface area contributed by atoms with Gasteiger partial charge >= 0.3 is 0 Å². The molecule has 0 N–H and O–H groups in total. The third-order valence-electron chi connectivity index (χ3n) is 5.81. The molecule has 0 radical (unpaired) electrons. The van der Waals surface area contributed by atoms with Gasteiger partial charge in [-0.05, 0) is 41.3 Å². The number of hydrogen-bond donors (Lipinski definition) is 0. The highest BCUT2D eigenvalue weighted by molar-refractivity contribution is 6.30. The Labute approximate surface area is 179 Å². The minimum Gasteiger partial charge on any atom is -0.473 e. The molecule has 2 heterocycles. The molecule has 0 saturated heterocycles. The van der Waals surface area contributed by atoms with Crippen LogP contribution in [0.15, 0.2) is 101 Å². The fraction of sp³-hybridized carbons (Fsp3) is 0.0370. The Morgan fingerprint density at radius 1 is 0.700 bits per heavy atom. The van der Waals surface area contributed by atoms with E-state index < -0.39 is 5.60 Å². The molecule has 1 aliphatic heterocycles. The average Bonchev–Trinajstić information content (AvgIpc) is 3.20. The fourth-order valence-corrected chi connectivity index (χ4v) is 4.59. The Kier molecular flexibility index (Phi) is 3.77. The lowest BCUT2D eigenvalue weighted by Crippen LogP contribution is -2.34. The largest absolute Gasteiger partial charge is 0.473 e. The van der Waals surface area contributed by atoms with Gasteiger partial charge < -0.3 is 9.15 Å². The van der Waals surface area contributed by atoms with Gasteiger partial charge in [0.05, 0.1) is 0 Å². The highest BCUT2D eigenvalue weighted by atomic mass is 35.5. The summed E-state index contributed by atoms with van der Waals surface area (Å²) in [6.45, 7) is 0. The van der Waals surface area contributed by atoms with E-state index in [2.05, 4.69) is 48.6 Å². The number of benzene rings is 4. The second-order valence-corrected chi connectivity index (χ2v) is 7.88. The third kappa shape index (κ3) is 2.51. The molecule has 4 aromatic carbocycles. The molecular formula is C27H17ClO2. The van der Waals surface area contributed by atoms with Crippen LogP contribution in [0.5, 0.6) is 5.75 Å². The molecule has 0 amide bonds. The molecule has 3 heteroatoms. The Hall–Kier alpha value is -3.49. The second-order valence-electron chi connectivity index (χ2n) is 7.51. The monoisotopic (exact) mass is 408 g/mol. The Morgan fingerprint density at radius 2 is 1.37 bits per heavy atom. The van der Waals surface area contributed by atoms with Crippen LogP contribution in [-0.4, -0.2) is 0 Å². The number of rotatable bonds is 2.